The van der Waals surface area contributed by atoms with Crippen LogP contribution < -0.4 is 10.1 Å². The van der Waals surface area contributed by atoms with E-state index in [2.05, 4.69) is 5.32 Å². The van der Waals surface area contributed by atoms with Gasteiger partial charge in [-0.15, -0.1) is 0 Å². The maximum atomic E-state index is 13.0. The Labute approximate surface area is 176 Å². The van der Waals surface area contributed by atoms with E-state index in [4.69, 9.17) is 4.74 Å². The minimum atomic E-state index is -3.25. The Morgan fingerprint density at radius 3 is 2.47 bits per heavy atom. The predicted molar refractivity (Wildman–Crippen MR) is 116 cm³/mol. The number of rotatable bonds is 5. The summed E-state index contributed by atoms with van der Waals surface area (Å²) in [6.07, 6.45) is 1.76. The van der Waals surface area contributed by atoms with Gasteiger partial charge in [0.1, 0.15) is 11.5 Å². The fourth-order valence-corrected chi connectivity index (χ4v) is 4.33. The molecule has 0 saturated heterocycles. The highest BCUT2D eigenvalue weighted by molar-refractivity contribution is 7.88. The molecular weight excluding hydrogens is 400 g/mol. The number of benzene rings is 3. The van der Waals surface area contributed by atoms with Crippen LogP contribution in [0.15, 0.2) is 72.8 Å². The first-order valence-corrected chi connectivity index (χ1v) is 11.5. The summed E-state index contributed by atoms with van der Waals surface area (Å²) < 4.78 is 31.1. The molecule has 0 aromatic heterocycles. The lowest BCUT2D eigenvalue weighted by Crippen LogP contribution is -2.35. The molecule has 1 aliphatic rings. The standard InChI is InChI=1S/C23H22N2O4S/c1-30(27,28)25-15-14-19-17(16-25)8-7-12-21(19)24-23(26)20-11-5-6-13-22(20)29-18-9-3-2-4-10-18/h2-13H,14-16H2,1H3,(H,24,26). The van der Waals surface area contributed by atoms with Crippen molar-refractivity contribution >= 4 is 21.6 Å². The van der Waals surface area contributed by atoms with Crippen LogP contribution in [0.4, 0.5) is 5.69 Å². The topological polar surface area (TPSA) is 75.7 Å². The van der Waals surface area contributed by atoms with Gasteiger partial charge in [0.25, 0.3) is 5.91 Å². The van der Waals surface area contributed by atoms with Gasteiger partial charge >= 0.3 is 0 Å². The van der Waals surface area contributed by atoms with Crippen LogP contribution in [0.25, 0.3) is 0 Å². The molecule has 6 nitrogen and oxygen atoms in total. The number of hydrogen-bond acceptors (Lipinski definition) is 4. The quantitative estimate of drug-likeness (QED) is 0.673. The van der Waals surface area contributed by atoms with Crippen LogP contribution in [0.5, 0.6) is 11.5 Å². The molecule has 1 amide bonds. The largest absolute Gasteiger partial charge is 0.457 e. The average molecular weight is 423 g/mol. The zero-order valence-corrected chi connectivity index (χ0v) is 17.4. The third kappa shape index (κ3) is 4.37. The summed E-state index contributed by atoms with van der Waals surface area (Å²) >= 11 is 0. The van der Waals surface area contributed by atoms with Gasteiger partial charge in [-0.1, -0.05) is 42.5 Å². The molecule has 0 atom stereocenters. The van der Waals surface area contributed by atoms with E-state index in [-0.39, 0.29) is 5.91 Å². The van der Waals surface area contributed by atoms with E-state index < -0.39 is 10.0 Å². The van der Waals surface area contributed by atoms with Crippen LogP contribution in [-0.2, 0) is 23.0 Å². The Morgan fingerprint density at radius 1 is 0.967 bits per heavy atom. The Hall–Kier alpha value is -3.16. The van der Waals surface area contributed by atoms with E-state index in [1.54, 1.807) is 18.2 Å². The molecule has 0 unspecified atom stereocenters. The van der Waals surface area contributed by atoms with Gasteiger partial charge in [0.2, 0.25) is 10.0 Å². The number of sulfonamides is 1. The van der Waals surface area contributed by atoms with Crippen molar-refractivity contribution in [2.75, 3.05) is 18.1 Å². The van der Waals surface area contributed by atoms with Crippen LogP contribution >= 0.6 is 0 Å². The Bertz CT molecular complexity index is 1180. The average Bonchev–Trinajstić information content (AvgIpc) is 2.74. The van der Waals surface area contributed by atoms with E-state index in [9.17, 15) is 13.2 Å². The van der Waals surface area contributed by atoms with Gasteiger partial charge in [0, 0.05) is 18.8 Å². The summed E-state index contributed by atoms with van der Waals surface area (Å²) in [6, 6.07) is 21.9. The van der Waals surface area contributed by atoms with Crippen LogP contribution in [0, 0.1) is 0 Å². The maximum Gasteiger partial charge on any atom is 0.259 e. The van der Waals surface area contributed by atoms with Crippen LogP contribution in [0.2, 0.25) is 0 Å². The maximum absolute atomic E-state index is 13.0. The molecule has 3 aromatic rings. The third-order valence-electron chi connectivity index (χ3n) is 5.05. The van der Waals surface area contributed by atoms with Gasteiger partial charge in [-0.3, -0.25) is 4.79 Å². The monoisotopic (exact) mass is 422 g/mol. The molecule has 1 N–H and O–H groups in total. The molecule has 0 bridgehead atoms. The first-order chi connectivity index (χ1) is 14.4. The molecule has 7 heteroatoms. The van der Waals surface area contributed by atoms with Crippen molar-refractivity contribution in [3.8, 4) is 11.5 Å². The fraction of sp³-hybridized carbons (Fsp3) is 0.174. The number of carbonyl (C=O) groups excluding carboxylic acids is 1. The van der Waals surface area contributed by atoms with Gasteiger partial charge in [-0.25, -0.2) is 8.42 Å². The number of anilines is 1. The van der Waals surface area contributed by atoms with Gasteiger partial charge in [-0.05, 0) is 47.9 Å². The Kier molecular flexibility index (Phi) is 5.57. The van der Waals surface area contributed by atoms with Crippen molar-refractivity contribution < 1.29 is 17.9 Å². The van der Waals surface area contributed by atoms with Crippen molar-refractivity contribution in [3.05, 3.63) is 89.5 Å². The summed E-state index contributed by atoms with van der Waals surface area (Å²) in [6.45, 7) is 0.706. The van der Waals surface area contributed by atoms with Crippen molar-refractivity contribution in [1.29, 1.82) is 0 Å². The number of ether oxygens (including phenoxy) is 1. The van der Waals surface area contributed by atoms with Gasteiger partial charge in [0.05, 0.1) is 11.8 Å². The summed E-state index contributed by atoms with van der Waals surface area (Å²) in [5, 5.41) is 2.98. The van der Waals surface area contributed by atoms with Crippen molar-refractivity contribution in [1.82, 2.24) is 4.31 Å². The van der Waals surface area contributed by atoms with E-state index in [1.807, 2.05) is 54.6 Å². The molecule has 0 saturated carbocycles. The number of nitrogens with one attached hydrogen (secondary N) is 1. The minimum absolute atomic E-state index is 0.277. The highest BCUT2D eigenvalue weighted by Crippen LogP contribution is 2.29. The smallest absolute Gasteiger partial charge is 0.259 e. The molecule has 4 rings (SSSR count). The van der Waals surface area contributed by atoms with E-state index in [0.29, 0.717) is 42.3 Å². The summed E-state index contributed by atoms with van der Waals surface area (Å²) in [5.74, 6) is 0.838. The number of para-hydroxylation sites is 2. The van der Waals surface area contributed by atoms with Crippen LogP contribution in [0.1, 0.15) is 21.5 Å². The highest BCUT2D eigenvalue weighted by Gasteiger charge is 2.25. The van der Waals surface area contributed by atoms with Gasteiger partial charge < -0.3 is 10.1 Å². The second-order valence-corrected chi connectivity index (χ2v) is 9.14. The summed E-state index contributed by atoms with van der Waals surface area (Å²) in [4.78, 5) is 13.0. The molecule has 3 aromatic carbocycles. The molecule has 154 valence electrons. The summed E-state index contributed by atoms with van der Waals surface area (Å²) in [7, 11) is -3.25. The van der Waals surface area contributed by atoms with Gasteiger partial charge in [-0.2, -0.15) is 4.31 Å². The molecule has 0 aliphatic carbocycles. The molecule has 30 heavy (non-hydrogen) atoms. The Balaban J connectivity index is 1.58. The number of carbonyl (C=O) groups is 1. The molecule has 0 radical (unpaired) electrons. The van der Waals surface area contributed by atoms with E-state index in [1.165, 1.54) is 10.6 Å². The minimum Gasteiger partial charge on any atom is -0.457 e. The molecule has 1 aliphatic heterocycles. The van der Waals surface area contributed by atoms with Crippen molar-refractivity contribution in [3.63, 3.8) is 0 Å². The lowest BCUT2D eigenvalue weighted by Gasteiger charge is -2.28. The fourth-order valence-electron chi connectivity index (χ4n) is 3.53. The number of fused-ring (bicyclic) bond motifs is 1. The molecule has 1 heterocycles. The number of hydrogen-bond donors (Lipinski definition) is 1. The van der Waals surface area contributed by atoms with Gasteiger partial charge in [0.15, 0.2) is 0 Å². The van der Waals surface area contributed by atoms with Crippen LogP contribution in [-0.4, -0.2) is 31.4 Å². The van der Waals surface area contributed by atoms with E-state index in [0.717, 1.165) is 11.1 Å². The second kappa shape index (κ2) is 8.30. The van der Waals surface area contributed by atoms with E-state index >= 15 is 0 Å². The normalized spacial score (nSPS) is 14.0. The molecule has 0 fully saturated rings. The van der Waals surface area contributed by atoms with Crippen molar-refractivity contribution in [2.45, 2.75) is 13.0 Å². The lowest BCUT2D eigenvalue weighted by atomic mass is 9.99. The SMILES string of the molecule is CS(=O)(=O)N1CCc2c(cccc2NC(=O)c2ccccc2Oc2ccccc2)C1. The first-order valence-electron chi connectivity index (χ1n) is 9.61. The second-order valence-electron chi connectivity index (χ2n) is 7.16. The molecular formula is C23H22N2O4S. The lowest BCUT2D eigenvalue weighted by molar-refractivity contribution is 0.102. The predicted octanol–water partition coefficient (Wildman–Crippen LogP) is 4.05. The summed E-state index contributed by atoms with van der Waals surface area (Å²) in [5.41, 5.74) is 2.98. The number of amides is 1. The third-order valence-corrected chi connectivity index (χ3v) is 6.30. The zero-order chi connectivity index (χ0) is 21.1. The first kappa shape index (κ1) is 20.1. The highest BCUT2D eigenvalue weighted by atomic mass is 32.2. The van der Waals surface area contributed by atoms with Crippen molar-refractivity contribution in [2.24, 2.45) is 0 Å². The molecule has 0 spiro atoms. The Morgan fingerprint density at radius 2 is 1.70 bits per heavy atom. The zero-order valence-electron chi connectivity index (χ0n) is 16.5. The van der Waals surface area contributed by atoms with Crippen LogP contribution in [0.3, 0.4) is 0 Å². The number of nitrogens with zero attached hydrogens (tertiary/aromatic N) is 1.